The van der Waals surface area contributed by atoms with Gasteiger partial charge < -0.3 is 19.7 Å². The maximum atomic E-state index is 14.0. The number of hydrogen-bond donors (Lipinski definition) is 1. The second-order valence-corrected chi connectivity index (χ2v) is 13.7. The number of nitrogens with zero attached hydrogens (tertiary/aromatic N) is 2. The average Bonchev–Trinajstić information content (AvgIpc) is 2.95. The first kappa shape index (κ1) is 20.0. The van der Waals surface area contributed by atoms with E-state index in [1.54, 1.807) is 19.4 Å². The highest BCUT2D eigenvalue weighted by molar-refractivity contribution is 7.70. The Balaban J connectivity index is 1.10. The fourth-order valence-electron chi connectivity index (χ4n) is 5.89. The van der Waals surface area contributed by atoms with E-state index < -0.39 is 7.14 Å². The zero-order chi connectivity index (χ0) is 21.3. The molecule has 0 radical (unpaired) electrons. The van der Waals surface area contributed by atoms with Gasteiger partial charge in [-0.1, -0.05) is 0 Å². The minimum atomic E-state index is -2.48. The Labute approximate surface area is 176 Å². The zero-order valence-corrected chi connectivity index (χ0v) is 18.5. The van der Waals surface area contributed by atoms with Gasteiger partial charge in [-0.25, -0.2) is 9.18 Å². The van der Waals surface area contributed by atoms with Crippen molar-refractivity contribution in [1.82, 2.24) is 15.1 Å². The first-order valence-electron chi connectivity index (χ1n) is 10.7. The van der Waals surface area contributed by atoms with E-state index in [-0.39, 0.29) is 28.7 Å². The average molecular weight is 433 g/mol. The molecule has 1 N–H and O–H groups in total. The summed E-state index contributed by atoms with van der Waals surface area (Å²) in [5, 5.41) is 3.62. The Bertz CT molecular complexity index is 954. The molecule has 0 bridgehead atoms. The maximum Gasteiger partial charge on any atom is 0.320 e. The van der Waals surface area contributed by atoms with E-state index in [9.17, 15) is 18.5 Å². The first-order valence-corrected chi connectivity index (χ1v) is 13.3. The lowest BCUT2D eigenvalue weighted by molar-refractivity contribution is -0.120. The van der Waals surface area contributed by atoms with Crippen molar-refractivity contribution in [3.8, 4) is 0 Å². The molecule has 162 valence electrons. The Kier molecular flexibility index (Phi) is 4.38. The number of amides is 3. The molecule has 5 rings (SSSR count). The van der Waals surface area contributed by atoms with Crippen molar-refractivity contribution >= 4 is 24.4 Å². The van der Waals surface area contributed by atoms with Crippen LogP contribution in [0.15, 0.2) is 18.2 Å². The summed E-state index contributed by atoms with van der Waals surface area (Å²) in [5.41, 5.74) is 0.984. The number of rotatable bonds is 3. The number of urea groups is 1. The highest BCUT2D eigenvalue weighted by Crippen LogP contribution is 2.53. The van der Waals surface area contributed by atoms with Gasteiger partial charge in [-0.2, -0.15) is 0 Å². The largest absolute Gasteiger partial charge is 0.347 e. The summed E-state index contributed by atoms with van der Waals surface area (Å²) in [6.45, 7) is 6.20. The van der Waals surface area contributed by atoms with Crippen molar-refractivity contribution in [1.29, 1.82) is 0 Å². The Morgan fingerprint density at radius 2 is 1.83 bits per heavy atom. The molecule has 4 fully saturated rings. The molecule has 3 aliphatic heterocycles. The van der Waals surface area contributed by atoms with E-state index in [2.05, 4.69) is 5.32 Å². The fourth-order valence-corrected chi connectivity index (χ4v) is 6.80. The summed E-state index contributed by atoms with van der Waals surface area (Å²) in [7, 11) is -2.48. The third kappa shape index (κ3) is 3.45. The number of nitrogens with one attached hydrogen (secondary N) is 1. The minimum absolute atomic E-state index is 0.0901. The molecule has 30 heavy (non-hydrogen) atoms. The van der Waals surface area contributed by atoms with Crippen LogP contribution in [0.25, 0.3) is 0 Å². The number of likely N-dealkylation sites (tertiary alicyclic amines) is 2. The van der Waals surface area contributed by atoms with E-state index in [0.717, 1.165) is 44.3 Å². The summed E-state index contributed by atoms with van der Waals surface area (Å²) >= 11 is 0. The molecule has 0 aromatic heterocycles. The molecular weight excluding hydrogens is 404 g/mol. The Morgan fingerprint density at radius 1 is 1.17 bits per heavy atom. The third-order valence-electron chi connectivity index (χ3n) is 7.35. The van der Waals surface area contributed by atoms with Crippen LogP contribution in [0.5, 0.6) is 0 Å². The molecule has 3 saturated heterocycles. The van der Waals surface area contributed by atoms with Gasteiger partial charge in [0.1, 0.15) is 13.0 Å². The molecule has 6 nitrogen and oxygen atoms in total. The number of hydrogen-bond acceptors (Lipinski definition) is 3. The van der Waals surface area contributed by atoms with Gasteiger partial charge in [0, 0.05) is 43.3 Å². The molecule has 4 aliphatic rings. The third-order valence-corrected chi connectivity index (χ3v) is 8.85. The molecule has 2 spiro atoms. The summed E-state index contributed by atoms with van der Waals surface area (Å²) < 4.78 is 26.3. The van der Waals surface area contributed by atoms with Crippen molar-refractivity contribution in [2.45, 2.75) is 37.6 Å². The van der Waals surface area contributed by atoms with Gasteiger partial charge in [-0.05, 0) is 68.7 Å². The second kappa shape index (κ2) is 6.56. The van der Waals surface area contributed by atoms with Crippen LogP contribution in [0.2, 0.25) is 0 Å². The van der Waals surface area contributed by atoms with Crippen LogP contribution in [0.4, 0.5) is 9.18 Å². The molecule has 8 heteroatoms. The normalized spacial score (nSPS) is 24.4. The number of benzene rings is 1. The summed E-state index contributed by atoms with van der Waals surface area (Å²) in [5.74, 6) is 0.272. The van der Waals surface area contributed by atoms with Gasteiger partial charge in [-0.3, -0.25) is 4.79 Å². The highest BCUT2D eigenvalue weighted by Gasteiger charge is 2.56. The standard InChI is InChI=1S/C22H29FN3O3P/c1-30(2,29)18-7-15(6-17(23)8-18)5-16-9-21(10-16)11-25(12-21)20(28)26-13-22(14-26)4-3-19(27)24-22/h6-8,16H,3-5,9-14H2,1-2H3,(H,24,27). The number of carbonyl (C=O) groups excluding carboxylic acids is 2. The molecule has 1 aliphatic carbocycles. The lowest BCUT2D eigenvalue weighted by Gasteiger charge is -2.61. The van der Waals surface area contributed by atoms with Gasteiger partial charge in [-0.15, -0.1) is 0 Å². The first-order chi connectivity index (χ1) is 14.0. The highest BCUT2D eigenvalue weighted by atomic mass is 31.2. The lowest BCUT2D eigenvalue weighted by atomic mass is 9.56. The molecule has 1 aromatic carbocycles. The van der Waals surface area contributed by atoms with Crippen molar-refractivity contribution in [3.05, 3.63) is 29.6 Å². The van der Waals surface area contributed by atoms with Gasteiger partial charge in [0.15, 0.2) is 0 Å². The minimum Gasteiger partial charge on any atom is -0.347 e. The van der Waals surface area contributed by atoms with E-state index >= 15 is 0 Å². The number of carbonyl (C=O) groups is 2. The molecular formula is C22H29FN3O3P. The molecule has 1 saturated carbocycles. The monoisotopic (exact) mass is 433 g/mol. The zero-order valence-electron chi connectivity index (χ0n) is 17.6. The molecule has 3 amide bonds. The summed E-state index contributed by atoms with van der Waals surface area (Å²) in [6.07, 6.45) is 4.30. The van der Waals surface area contributed by atoms with Crippen molar-refractivity contribution < 1.29 is 18.5 Å². The van der Waals surface area contributed by atoms with Gasteiger partial charge in [0.25, 0.3) is 0 Å². The van der Waals surface area contributed by atoms with E-state index in [1.165, 1.54) is 6.07 Å². The smallest absolute Gasteiger partial charge is 0.320 e. The van der Waals surface area contributed by atoms with Crippen LogP contribution in [-0.2, 0) is 15.8 Å². The van der Waals surface area contributed by atoms with E-state index in [4.69, 9.17) is 0 Å². The van der Waals surface area contributed by atoms with E-state index in [0.29, 0.717) is 30.7 Å². The molecule has 3 heterocycles. The quantitative estimate of drug-likeness (QED) is 0.745. The summed E-state index contributed by atoms with van der Waals surface area (Å²) in [6, 6.07) is 4.93. The topological polar surface area (TPSA) is 69.7 Å². The number of halogens is 1. The van der Waals surface area contributed by atoms with Crippen molar-refractivity contribution in [3.63, 3.8) is 0 Å². The van der Waals surface area contributed by atoms with Gasteiger partial charge in [0.05, 0.1) is 5.54 Å². The predicted octanol–water partition coefficient (Wildman–Crippen LogP) is 2.41. The molecule has 0 atom stereocenters. The van der Waals surface area contributed by atoms with Crippen LogP contribution in [0, 0.1) is 17.2 Å². The van der Waals surface area contributed by atoms with E-state index in [1.807, 2.05) is 15.9 Å². The second-order valence-electron chi connectivity index (χ2n) is 10.5. The van der Waals surface area contributed by atoms with Crippen molar-refractivity contribution in [2.24, 2.45) is 11.3 Å². The Hall–Kier alpha value is -1.88. The van der Waals surface area contributed by atoms with Crippen LogP contribution in [0.3, 0.4) is 0 Å². The SMILES string of the molecule is CP(C)(=O)c1cc(F)cc(CC2CC3(C2)CN(C(=O)N2CC4(CCC(=O)N4)C2)C3)c1. The van der Waals surface area contributed by atoms with Crippen molar-refractivity contribution in [2.75, 3.05) is 39.5 Å². The van der Waals surface area contributed by atoms with Crippen LogP contribution in [-0.4, -0.2) is 66.8 Å². The van der Waals surface area contributed by atoms with Crippen LogP contribution < -0.4 is 10.6 Å². The maximum absolute atomic E-state index is 14.0. The van der Waals surface area contributed by atoms with Gasteiger partial charge >= 0.3 is 6.03 Å². The van der Waals surface area contributed by atoms with Gasteiger partial charge in [0.2, 0.25) is 5.91 Å². The molecule has 1 aromatic rings. The molecule has 0 unspecified atom stereocenters. The van der Waals surface area contributed by atoms with Crippen LogP contribution in [0.1, 0.15) is 31.2 Å². The fraction of sp³-hybridized carbons (Fsp3) is 0.636. The van der Waals surface area contributed by atoms with Crippen LogP contribution >= 0.6 is 7.14 Å². The summed E-state index contributed by atoms with van der Waals surface area (Å²) in [4.78, 5) is 27.9. The predicted molar refractivity (Wildman–Crippen MR) is 113 cm³/mol. The Morgan fingerprint density at radius 3 is 2.43 bits per heavy atom. The lowest BCUT2D eigenvalue weighted by Crippen LogP contribution is -2.73.